The Morgan fingerprint density at radius 2 is 2.30 bits per heavy atom. The second-order valence-electron chi connectivity index (χ2n) is 4.98. The smallest absolute Gasteiger partial charge is 0.306 e. The van der Waals surface area contributed by atoms with Gasteiger partial charge in [-0.3, -0.25) is 19.9 Å². The van der Waals surface area contributed by atoms with E-state index in [-0.39, 0.29) is 5.69 Å². The summed E-state index contributed by atoms with van der Waals surface area (Å²) in [6, 6.07) is 2.01. The van der Waals surface area contributed by atoms with Gasteiger partial charge in [-0.05, 0) is 5.92 Å². The van der Waals surface area contributed by atoms with Crippen molar-refractivity contribution in [2.75, 3.05) is 18.5 Å². The third-order valence-electron chi connectivity index (χ3n) is 3.09. The van der Waals surface area contributed by atoms with E-state index in [2.05, 4.69) is 29.1 Å². The summed E-state index contributed by atoms with van der Waals surface area (Å²) in [6.45, 7) is 5.43. The molecule has 0 aliphatic carbocycles. The number of aromatic amines is 1. The summed E-state index contributed by atoms with van der Waals surface area (Å²) >= 11 is 0. The SMILES string of the molecule is CC(C)c1cc(N(C)CCn2cc([N+](=O)[O-])cn2)n[nH]1. The molecule has 0 bridgehead atoms. The molecule has 0 radical (unpaired) electrons. The molecule has 8 heteroatoms. The second-order valence-corrected chi connectivity index (χ2v) is 4.98. The van der Waals surface area contributed by atoms with Crippen LogP contribution in [0.5, 0.6) is 0 Å². The summed E-state index contributed by atoms with van der Waals surface area (Å²) in [5.74, 6) is 1.26. The molecule has 0 aromatic carbocycles. The topological polar surface area (TPSA) is 92.9 Å². The molecular formula is C12H18N6O2. The summed E-state index contributed by atoms with van der Waals surface area (Å²) in [5, 5.41) is 21.8. The molecule has 0 fully saturated rings. The number of anilines is 1. The van der Waals surface area contributed by atoms with Crippen LogP contribution in [-0.2, 0) is 6.54 Å². The molecule has 20 heavy (non-hydrogen) atoms. The Balaban J connectivity index is 1.93. The lowest BCUT2D eigenvalue weighted by Crippen LogP contribution is -2.23. The Bertz CT molecular complexity index is 588. The van der Waals surface area contributed by atoms with E-state index in [4.69, 9.17) is 0 Å². The predicted octanol–water partition coefficient (Wildman–Crippen LogP) is 1.77. The molecule has 2 heterocycles. The Labute approximate surface area is 116 Å². The van der Waals surface area contributed by atoms with E-state index in [0.717, 1.165) is 11.5 Å². The maximum absolute atomic E-state index is 10.6. The van der Waals surface area contributed by atoms with Crippen LogP contribution in [-0.4, -0.2) is 38.5 Å². The van der Waals surface area contributed by atoms with Gasteiger partial charge in [-0.25, -0.2) is 0 Å². The number of hydrogen-bond donors (Lipinski definition) is 1. The maximum Gasteiger partial charge on any atom is 0.306 e. The van der Waals surface area contributed by atoms with Gasteiger partial charge in [0.2, 0.25) is 0 Å². The molecule has 0 unspecified atom stereocenters. The first-order chi connectivity index (χ1) is 9.47. The Morgan fingerprint density at radius 1 is 1.55 bits per heavy atom. The molecule has 0 spiro atoms. The van der Waals surface area contributed by atoms with Gasteiger partial charge in [-0.1, -0.05) is 13.8 Å². The van der Waals surface area contributed by atoms with Crippen molar-refractivity contribution in [3.05, 3.63) is 34.3 Å². The predicted molar refractivity (Wildman–Crippen MR) is 74.8 cm³/mol. The molecule has 0 aliphatic rings. The summed E-state index contributed by atoms with van der Waals surface area (Å²) in [4.78, 5) is 12.1. The quantitative estimate of drug-likeness (QED) is 0.642. The van der Waals surface area contributed by atoms with E-state index >= 15 is 0 Å². The van der Waals surface area contributed by atoms with E-state index in [1.54, 1.807) is 4.68 Å². The van der Waals surface area contributed by atoms with Gasteiger partial charge in [0.05, 0.1) is 11.5 Å². The van der Waals surface area contributed by atoms with Crippen molar-refractivity contribution in [1.82, 2.24) is 20.0 Å². The highest BCUT2D eigenvalue weighted by molar-refractivity contribution is 5.38. The molecule has 8 nitrogen and oxygen atoms in total. The number of hydrogen-bond acceptors (Lipinski definition) is 5. The van der Waals surface area contributed by atoms with Gasteiger partial charge in [0.15, 0.2) is 0 Å². The van der Waals surface area contributed by atoms with Crippen LogP contribution < -0.4 is 4.90 Å². The van der Waals surface area contributed by atoms with Gasteiger partial charge in [-0.15, -0.1) is 0 Å². The largest absolute Gasteiger partial charge is 0.356 e. The van der Waals surface area contributed by atoms with Gasteiger partial charge in [0.1, 0.15) is 18.2 Å². The fourth-order valence-corrected chi connectivity index (χ4v) is 1.75. The molecule has 0 saturated heterocycles. The van der Waals surface area contributed by atoms with Gasteiger partial charge in [-0.2, -0.15) is 10.2 Å². The second kappa shape index (κ2) is 5.72. The van der Waals surface area contributed by atoms with E-state index in [1.165, 1.54) is 12.4 Å². The first kappa shape index (κ1) is 14.0. The van der Waals surface area contributed by atoms with E-state index < -0.39 is 4.92 Å². The normalized spacial score (nSPS) is 11.0. The summed E-state index contributed by atoms with van der Waals surface area (Å²) < 4.78 is 1.56. The molecule has 0 amide bonds. The average Bonchev–Trinajstić information content (AvgIpc) is 3.05. The van der Waals surface area contributed by atoms with Crippen molar-refractivity contribution in [3.8, 4) is 0 Å². The number of aromatic nitrogens is 4. The highest BCUT2D eigenvalue weighted by Gasteiger charge is 2.11. The third-order valence-corrected chi connectivity index (χ3v) is 3.09. The zero-order valence-electron chi connectivity index (χ0n) is 11.8. The van der Waals surface area contributed by atoms with Crippen LogP contribution in [0.1, 0.15) is 25.5 Å². The van der Waals surface area contributed by atoms with Crippen molar-refractivity contribution in [3.63, 3.8) is 0 Å². The molecule has 0 atom stereocenters. The fraction of sp³-hybridized carbons (Fsp3) is 0.500. The third kappa shape index (κ3) is 3.14. The van der Waals surface area contributed by atoms with Crippen molar-refractivity contribution < 1.29 is 4.92 Å². The lowest BCUT2D eigenvalue weighted by atomic mass is 10.1. The molecule has 2 aromatic heterocycles. The van der Waals surface area contributed by atoms with Crippen LogP contribution >= 0.6 is 0 Å². The van der Waals surface area contributed by atoms with Crippen LogP contribution in [0.2, 0.25) is 0 Å². The summed E-state index contributed by atoms with van der Waals surface area (Å²) in [5.41, 5.74) is 1.09. The van der Waals surface area contributed by atoms with Gasteiger partial charge >= 0.3 is 5.69 Å². The molecule has 0 saturated carbocycles. The number of likely N-dealkylation sites (N-methyl/N-ethyl adjacent to an activating group) is 1. The number of nitrogens with zero attached hydrogens (tertiary/aromatic N) is 5. The zero-order valence-corrected chi connectivity index (χ0v) is 11.8. The van der Waals surface area contributed by atoms with E-state index in [0.29, 0.717) is 19.0 Å². The van der Waals surface area contributed by atoms with Crippen molar-refractivity contribution in [1.29, 1.82) is 0 Å². The average molecular weight is 278 g/mol. The number of H-pyrrole nitrogens is 1. The fourth-order valence-electron chi connectivity index (χ4n) is 1.75. The molecular weight excluding hydrogens is 260 g/mol. The van der Waals surface area contributed by atoms with Crippen LogP contribution in [0.4, 0.5) is 11.5 Å². The van der Waals surface area contributed by atoms with E-state index in [1.807, 2.05) is 18.0 Å². The number of nitro groups is 1. The van der Waals surface area contributed by atoms with Gasteiger partial charge < -0.3 is 4.90 Å². The maximum atomic E-state index is 10.6. The lowest BCUT2D eigenvalue weighted by Gasteiger charge is -2.15. The van der Waals surface area contributed by atoms with Gasteiger partial charge in [0.25, 0.3) is 0 Å². The molecule has 2 rings (SSSR count). The molecule has 2 aromatic rings. The van der Waals surface area contributed by atoms with E-state index in [9.17, 15) is 10.1 Å². The number of nitrogens with one attached hydrogen (secondary N) is 1. The Morgan fingerprint density at radius 3 is 2.85 bits per heavy atom. The molecule has 1 N–H and O–H groups in total. The first-order valence-electron chi connectivity index (χ1n) is 6.40. The van der Waals surface area contributed by atoms with Crippen LogP contribution in [0.15, 0.2) is 18.5 Å². The first-order valence-corrected chi connectivity index (χ1v) is 6.40. The van der Waals surface area contributed by atoms with Crippen molar-refractivity contribution in [2.45, 2.75) is 26.3 Å². The monoisotopic (exact) mass is 278 g/mol. The lowest BCUT2D eigenvalue weighted by molar-refractivity contribution is -0.385. The van der Waals surface area contributed by atoms with Crippen LogP contribution in [0.25, 0.3) is 0 Å². The standard InChI is InChI=1S/C12H18N6O2/c1-9(2)11-6-12(15-14-11)16(3)4-5-17-8-10(7-13-17)18(19)20/h6-9H,4-5H2,1-3H3,(H,14,15). The van der Waals surface area contributed by atoms with Crippen LogP contribution in [0.3, 0.4) is 0 Å². The van der Waals surface area contributed by atoms with Crippen LogP contribution in [0, 0.1) is 10.1 Å². The molecule has 108 valence electrons. The Hall–Kier alpha value is -2.38. The Kier molecular flexibility index (Phi) is 4.02. The zero-order chi connectivity index (χ0) is 14.7. The minimum Gasteiger partial charge on any atom is -0.356 e. The van der Waals surface area contributed by atoms with Crippen molar-refractivity contribution >= 4 is 11.5 Å². The van der Waals surface area contributed by atoms with Gasteiger partial charge in [0, 0.05) is 25.4 Å². The summed E-state index contributed by atoms with van der Waals surface area (Å²) in [7, 11) is 1.93. The summed E-state index contributed by atoms with van der Waals surface area (Å²) in [6.07, 6.45) is 2.68. The minimum absolute atomic E-state index is 0.00881. The molecule has 0 aliphatic heterocycles. The highest BCUT2D eigenvalue weighted by atomic mass is 16.6. The number of rotatable bonds is 6. The highest BCUT2D eigenvalue weighted by Crippen LogP contribution is 2.17. The van der Waals surface area contributed by atoms with Crippen molar-refractivity contribution in [2.24, 2.45) is 0 Å². The minimum atomic E-state index is -0.449.